The largest absolute Gasteiger partial charge is 0.508 e. The van der Waals surface area contributed by atoms with Crippen molar-refractivity contribution >= 4 is 58.3 Å². The molecule has 3 aromatic rings. The predicted molar refractivity (Wildman–Crippen MR) is 220 cm³/mol. The second-order valence-electron chi connectivity index (χ2n) is 13.6. The van der Waals surface area contributed by atoms with Crippen LogP contribution in [-0.2, 0) is 33.6 Å². The van der Waals surface area contributed by atoms with Gasteiger partial charge in [0.05, 0.1) is 6.54 Å². The Hall–Kier alpha value is -7.08. The average Bonchev–Trinajstić information content (AvgIpc) is 3.22. The van der Waals surface area contributed by atoms with Crippen LogP contribution in [0, 0.1) is 0 Å². The zero-order valence-electron chi connectivity index (χ0n) is 33.4. The molecular formula is C39H46F3N9O11S. The molecular weight excluding hydrogens is 860 g/mol. The second-order valence-corrected chi connectivity index (χ2v) is 14.7. The lowest BCUT2D eigenvalue weighted by Gasteiger charge is -2.43. The Morgan fingerprint density at radius 3 is 1.81 bits per heavy atom. The van der Waals surface area contributed by atoms with Gasteiger partial charge in [-0.2, -0.15) is 13.2 Å². The number of thioether (sulfide) groups is 1. The third-order valence-corrected chi connectivity index (χ3v) is 9.79. The minimum atomic E-state index is -5.08. The van der Waals surface area contributed by atoms with Crippen molar-refractivity contribution in [3.8, 4) is 17.2 Å². The van der Waals surface area contributed by atoms with Crippen LogP contribution in [0.1, 0.15) is 54.6 Å². The third kappa shape index (κ3) is 15.7. The van der Waals surface area contributed by atoms with Crippen molar-refractivity contribution in [3.63, 3.8) is 0 Å². The van der Waals surface area contributed by atoms with E-state index in [4.69, 9.17) is 27.1 Å². The SMILES string of the molecule is CC(=O)NCCSC(=O)[C@H](c1ccc(O)cc1)N1C[C@H](NC(=O)[C@H](NC(=O)[C@H](CCCN=C(N)N)NC(=O)[C@@H](N)c2ccc(O)cc2)c2ccc(O)cc2)C1=O.O=C(O)C(F)(F)F. The number of likely N-dealkylation sites (tertiary alicyclic amines) is 1. The van der Waals surface area contributed by atoms with Gasteiger partial charge in [0.15, 0.2) is 5.96 Å². The summed E-state index contributed by atoms with van der Waals surface area (Å²) in [6, 6.07) is 10.8. The number of aromatic hydroxyl groups is 3. The van der Waals surface area contributed by atoms with Gasteiger partial charge in [0, 0.05) is 25.8 Å². The van der Waals surface area contributed by atoms with Crippen LogP contribution in [0.5, 0.6) is 17.2 Å². The van der Waals surface area contributed by atoms with Crippen molar-refractivity contribution in [1.29, 1.82) is 0 Å². The summed E-state index contributed by atoms with van der Waals surface area (Å²) < 4.78 is 31.7. The zero-order valence-corrected chi connectivity index (χ0v) is 34.2. The number of amides is 5. The summed E-state index contributed by atoms with van der Waals surface area (Å²) in [7, 11) is 0. The summed E-state index contributed by atoms with van der Waals surface area (Å²) in [6.07, 6.45) is -4.83. The van der Waals surface area contributed by atoms with Crippen LogP contribution in [0.2, 0.25) is 0 Å². The van der Waals surface area contributed by atoms with Crippen molar-refractivity contribution in [2.75, 3.05) is 25.4 Å². The summed E-state index contributed by atoms with van der Waals surface area (Å²) in [6.45, 7) is 1.61. The van der Waals surface area contributed by atoms with Crippen LogP contribution in [0.25, 0.3) is 0 Å². The zero-order chi connectivity index (χ0) is 47.0. The van der Waals surface area contributed by atoms with E-state index in [1.807, 2.05) is 0 Å². The van der Waals surface area contributed by atoms with E-state index in [0.717, 1.165) is 11.8 Å². The minimum absolute atomic E-state index is 0.0200. The van der Waals surface area contributed by atoms with Crippen molar-refractivity contribution < 1.29 is 67.2 Å². The molecule has 0 unspecified atom stereocenters. The fourth-order valence-corrected chi connectivity index (χ4v) is 6.51. The summed E-state index contributed by atoms with van der Waals surface area (Å²) in [5, 5.41) is 46.6. The number of carboxylic acids is 1. The summed E-state index contributed by atoms with van der Waals surface area (Å²) in [5.41, 5.74) is 18.0. The van der Waals surface area contributed by atoms with Gasteiger partial charge in [-0.25, -0.2) is 4.79 Å². The summed E-state index contributed by atoms with van der Waals surface area (Å²) >= 11 is 0.914. The Bertz CT molecular complexity index is 2120. The molecule has 340 valence electrons. The van der Waals surface area contributed by atoms with E-state index in [0.29, 0.717) is 11.1 Å². The molecule has 24 heteroatoms. The van der Waals surface area contributed by atoms with Crippen LogP contribution in [0.3, 0.4) is 0 Å². The van der Waals surface area contributed by atoms with E-state index in [2.05, 4.69) is 26.3 Å². The highest BCUT2D eigenvalue weighted by atomic mass is 32.2. The maximum Gasteiger partial charge on any atom is 0.490 e. The van der Waals surface area contributed by atoms with Gasteiger partial charge in [0.25, 0.3) is 0 Å². The molecule has 1 saturated heterocycles. The number of nitrogens with zero attached hydrogens (tertiary/aromatic N) is 2. The first-order chi connectivity index (χ1) is 29.6. The molecule has 14 N–H and O–H groups in total. The van der Waals surface area contributed by atoms with Crippen LogP contribution < -0.4 is 38.5 Å². The Morgan fingerprint density at radius 1 is 0.825 bits per heavy atom. The lowest BCUT2D eigenvalue weighted by molar-refractivity contribution is -0.192. The first kappa shape index (κ1) is 50.3. The predicted octanol–water partition coefficient (Wildman–Crippen LogP) is 0.297. The molecule has 0 aromatic heterocycles. The number of β-lactam (4-membered cyclic amide) rings is 1. The van der Waals surface area contributed by atoms with Crippen molar-refractivity contribution in [2.45, 2.75) is 56.2 Å². The average molecular weight is 906 g/mol. The highest BCUT2D eigenvalue weighted by Gasteiger charge is 2.46. The molecule has 1 heterocycles. The molecule has 1 aliphatic rings. The van der Waals surface area contributed by atoms with Crippen LogP contribution in [0.15, 0.2) is 77.8 Å². The first-order valence-corrected chi connectivity index (χ1v) is 19.7. The molecule has 0 radical (unpaired) electrons. The third-order valence-electron chi connectivity index (χ3n) is 8.87. The fourth-order valence-electron chi connectivity index (χ4n) is 5.68. The molecule has 1 fully saturated rings. The van der Waals surface area contributed by atoms with Gasteiger partial charge in [-0.3, -0.25) is 33.8 Å². The maximum absolute atomic E-state index is 13.9. The maximum atomic E-state index is 13.9. The number of nitrogens with one attached hydrogen (secondary N) is 4. The Kier molecular flexibility index (Phi) is 18.5. The van der Waals surface area contributed by atoms with E-state index < -0.39 is 71.1 Å². The topological polar surface area (TPSA) is 342 Å². The van der Waals surface area contributed by atoms with Gasteiger partial charge < -0.3 is 63.8 Å². The van der Waals surface area contributed by atoms with Gasteiger partial charge in [-0.1, -0.05) is 48.2 Å². The number of halogens is 3. The molecule has 63 heavy (non-hydrogen) atoms. The number of rotatable bonds is 18. The normalized spacial score (nSPS) is 15.1. The number of phenolic OH excluding ortho intramolecular Hbond substituents is 3. The van der Waals surface area contributed by atoms with Crippen molar-refractivity contribution in [1.82, 2.24) is 26.2 Å². The number of guanidine groups is 1. The number of hydrogen-bond donors (Lipinski definition) is 11. The Balaban J connectivity index is 0.00000139. The smallest absolute Gasteiger partial charge is 0.490 e. The van der Waals surface area contributed by atoms with E-state index in [1.54, 1.807) is 0 Å². The van der Waals surface area contributed by atoms with Crippen molar-refractivity contribution in [3.05, 3.63) is 89.5 Å². The highest BCUT2D eigenvalue weighted by Crippen LogP contribution is 2.33. The number of carboxylic acid groups (broad SMARTS) is 1. The van der Waals surface area contributed by atoms with Crippen molar-refractivity contribution in [2.24, 2.45) is 22.2 Å². The number of carbonyl (C=O) groups excluding carboxylic acids is 6. The Labute approximate surface area is 361 Å². The fraction of sp³-hybridized carbons (Fsp3) is 0.333. The molecule has 5 atom stereocenters. The molecule has 5 amide bonds. The number of hydrogen-bond acceptors (Lipinski definition) is 13. The molecule has 0 spiro atoms. The molecule has 3 aromatic carbocycles. The number of nitrogens with two attached hydrogens (primary N) is 3. The molecule has 4 rings (SSSR count). The number of aliphatic imine (C=N–C) groups is 1. The number of alkyl halides is 3. The standard InChI is InChI=1S/C37H45N9O9S.C2HF3O2/c1-20(47)41-17-18-56-36(55)31(23-8-14-26(50)15-9-23)46-19-28(35(46)54)44-34(53)30(22-6-12-25(49)13-7-22)45-32(51)27(3-2-16-42-37(39)40)43-33(52)29(38)21-4-10-24(48)11-5-21;3-2(4,5)1(6)7/h4-15,27-31,48-50H,2-3,16-19,38H2,1H3,(H,41,47)(H,43,52)(H,44,53)(H,45,51)(H4,39,40,42);(H,6,7)/t27-,28-,29-,30+,31-;/m0./s1. The highest BCUT2D eigenvalue weighted by molar-refractivity contribution is 8.13. The lowest BCUT2D eigenvalue weighted by Crippen LogP contribution is -2.66. The number of carbonyl (C=O) groups is 7. The number of aliphatic carboxylic acids is 1. The molecule has 0 saturated carbocycles. The molecule has 1 aliphatic heterocycles. The van der Waals surface area contributed by atoms with Gasteiger partial charge >= 0.3 is 12.1 Å². The van der Waals surface area contributed by atoms with Crippen LogP contribution in [0.4, 0.5) is 13.2 Å². The number of phenols is 3. The van der Waals surface area contributed by atoms with Gasteiger partial charge in [0.1, 0.15) is 47.5 Å². The second kappa shape index (κ2) is 23.2. The van der Waals surface area contributed by atoms with E-state index >= 15 is 0 Å². The van der Waals surface area contributed by atoms with Crippen LogP contribution in [-0.4, -0.2) is 116 Å². The van der Waals surface area contributed by atoms with E-state index in [-0.39, 0.29) is 72.9 Å². The molecule has 20 nitrogen and oxygen atoms in total. The van der Waals surface area contributed by atoms with E-state index in [9.17, 15) is 57.3 Å². The summed E-state index contributed by atoms with van der Waals surface area (Å²) in [5.74, 6) is -6.04. The number of benzene rings is 3. The summed E-state index contributed by atoms with van der Waals surface area (Å²) in [4.78, 5) is 93.3. The molecule has 0 bridgehead atoms. The quantitative estimate of drug-likeness (QED) is 0.0354. The van der Waals surface area contributed by atoms with E-state index in [1.165, 1.54) is 84.6 Å². The first-order valence-electron chi connectivity index (χ1n) is 18.7. The van der Waals surface area contributed by atoms with Crippen LogP contribution >= 0.6 is 11.8 Å². The molecule has 0 aliphatic carbocycles. The minimum Gasteiger partial charge on any atom is -0.508 e. The van der Waals surface area contributed by atoms with Gasteiger partial charge in [0.2, 0.25) is 34.7 Å². The monoisotopic (exact) mass is 905 g/mol. The van der Waals surface area contributed by atoms with Gasteiger partial charge in [-0.05, 0) is 65.9 Å². The lowest BCUT2D eigenvalue weighted by atomic mass is 9.98. The van der Waals surface area contributed by atoms with Gasteiger partial charge in [-0.15, -0.1) is 0 Å². The Morgan fingerprint density at radius 2 is 1.33 bits per heavy atom.